The van der Waals surface area contributed by atoms with Gasteiger partial charge in [0.15, 0.2) is 5.78 Å². The standard InChI is InChI=1S/C21H23ClN2O3/c1-14(25)15-2-10-19(11-3-15)27-20-12-8-18(9-13-20)24-21(26)23-17-6-4-16(22)5-7-17/h2-7,10-11,18,20H,8-9,12-13H2,1H3,(H2,23,24,26). The number of halogens is 1. The number of anilines is 1. The molecule has 2 aromatic rings. The highest BCUT2D eigenvalue weighted by Crippen LogP contribution is 2.24. The molecule has 0 radical (unpaired) electrons. The number of hydrogen-bond donors (Lipinski definition) is 2. The summed E-state index contributed by atoms with van der Waals surface area (Å²) in [6.45, 7) is 1.55. The number of urea groups is 1. The lowest BCUT2D eigenvalue weighted by Gasteiger charge is -2.29. The number of nitrogens with one attached hydrogen (secondary N) is 2. The van der Waals surface area contributed by atoms with Gasteiger partial charge in [-0.25, -0.2) is 4.79 Å². The first-order chi connectivity index (χ1) is 13.0. The summed E-state index contributed by atoms with van der Waals surface area (Å²) in [4.78, 5) is 23.4. The number of rotatable bonds is 5. The fraction of sp³-hybridized carbons (Fsp3) is 0.333. The van der Waals surface area contributed by atoms with Gasteiger partial charge in [0.1, 0.15) is 5.75 Å². The van der Waals surface area contributed by atoms with Gasteiger partial charge >= 0.3 is 6.03 Å². The maximum atomic E-state index is 12.1. The van der Waals surface area contributed by atoms with Crippen molar-refractivity contribution < 1.29 is 14.3 Å². The van der Waals surface area contributed by atoms with E-state index in [2.05, 4.69) is 10.6 Å². The molecule has 1 saturated carbocycles. The molecule has 0 saturated heterocycles. The lowest BCUT2D eigenvalue weighted by molar-refractivity contribution is 0.101. The molecular weight excluding hydrogens is 364 g/mol. The molecule has 0 heterocycles. The Morgan fingerprint density at radius 2 is 1.59 bits per heavy atom. The molecule has 142 valence electrons. The van der Waals surface area contributed by atoms with Crippen molar-refractivity contribution >= 4 is 29.1 Å². The van der Waals surface area contributed by atoms with Crippen LogP contribution in [0.4, 0.5) is 10.5 Å². The lowest BCUT2D eigenvalue weighted by Crippen LogP contribution is -2.41. The molecule has 2 N–H and O–H groups in total. The van der Waals surface area contributed by atoms with E-state index >= 15 is 0 Å². The van der Waals surface area contributed by atoms with Crippen LogP contribution in [-0.4, -0.2) is 24.0 Å². The molecule has 1 aliphatic rings. The summed E-state index contributed by atoms with van der Waals surface area (Å²) in [5, 5.41) is 6.46. The quantitative estimate of drug-likeness (QED) is 0.706. The summed E-state index contributed by atoms with van der Waals surface area (Å²) in [6, 6.07) is 14.2. The highest BCUT2D eigenvalue weighted by Gasteiger charge is 2.23. The van der Waals surface area contributed by atoms with E-state index in [9.17, 15) is 9.59 Å². The SMILES string of the molecule is CC(=O)c1ccc(OC2CCC(NC(=O)Nc3ccc(Cl)cc3)CC2)cc1. The second-order valence-corrected chi connectivity index (χ2v) is 7.21. The van der Waals surface area contributed by atoms with E-state index in [0.29, 0.717) is 16.3 Å². The first-order valence-corrected chi connectivity index (χ1v) is 9.48. The van der Waals surface area contributed by atoms with E-state index in [4.69, 9.17) is 16.3 Å². The highest BCUT2D eigenvalue weighted by atomic mass is 35.5. The van der Waals surface area contributed by atoms with Crippen molar-refractivity contribution in [1.29, 1.82) is 0 Å². The number of amides is 2. The van der Waals surface area contributed by atoms with Crippen LogP contribution in [0, 0.1) is 0 Å². The second-order valence-electron chi connectivity index (χ2n) is 6.78. The topological polar surface area (TPSA) is 67.4 Å². The molecule has 0 aromatic heterocycles. The van der Waals surface area contributed by atoms with Crippen molar-refractivity contribution in [1.82, 2.24) is 5.32 Å². The number of benzene rings is 2. The molecule has 0 spiro atoms. The molecule has 6 heteroatoms. The molecule has 3 rings (SSSR count). The maximum Gasteiger partial charge on any atom is 0.319 e. The van der Waals surface area contributed by atoms with Crippen LogP contribution < -0.4 is 15.4 Å². The van der Waals surface area contributed by atoms with Crippen molar-refractivity contribution in [2.75, 3.05) is 5.32 Å². The van der Waals surface area contributed by atoms with E-state index in [1.165, 1.54) is 0 Å². The zero-order valence-corrected chi connectivity index (χ0v) is 16.0. The fourth-order valence-electron chi connectivity index (χ4n) is 3.17. The van der Waals surface area contributed by atoms with Gasteiger partial charge in [-0.15, -0.1) is 0 Å². The van der Waals surface area contributed by atoms with Gasteiger partial charge in [-0.05, 0) is 81.1 Å². The van der Waals surface area contributed by atoms with Gasteiger partial charge in [-0.2, -0.15) is 0 Å². The van der Waals surface area contributed by atoms with Crippen molar-refractivity contribution in [2.24, 2.45) is 0 Å². The van der Waals surface area contributed by atoms with Gasteiger partial charge in [0, 0.05) is 22.3 Å². The summed E-state index contributed by atoms with van der Waals surface area (Å²) in [7, 11) is 0. The van der Waals surface area contributed by atoms with Gasteiger partial charge < -0.3 is 15.4 Å². The largest absolute Gasteiger partial charge is 0.490 e. The number of carbonyl (C=O) groups is 2. The third-order valence-electron chi connectivity index (χ3n) is 4.68. The van der Waals surface area contributed by atoms with Crippen LogP contribution in [0.2, 0.25) is 5.02 Å². The molecule has 0 unspecified atom stereocenters. The summed E-state index contributed by atoms with van der Waals surface area (Å²) in [5.41, 5.74) is 1.39. The molecule has 5 nitrogen and oxygen atoms in total. The molecule has 1 fully saturated rings. The molecule has 27 heavy (non-hydrogen) atoms. The van der Waals surface area contributed by atoms with Gasteiger partial charge in [-0.3, -0.25) is 4.79 Å². The Morgan fingerprint density at radius 3 is 2.19 bits per heavy atom. The average Bonchev–Trinajstić information content (AvgIpc) is 2.66. The molecule has 0 aliphatic heterocycles. The molecule has 2 aromatic carbocycles. The van der Waals surface area contributed by atoms with Gasteiger partial charge in [0.2, 0.25) is 0 Å². The minimum absolute atomic E-state index is 0.0463. The summed E-state index contributed by atoms with van der Waals surface area (Å²) >= 11 is 5.84. The Hall–Kier alpha value is -2.53. The van der Waals surface area contributed by atoms with Crippen LogP contribution in [0.15, 0.2) is 48.5 Å². The molecular formula is C21H23ClN2O3. The van der Waals surface area contributed by atoms with E-state index in [1.807, 2.05) is 12.1 Å². The van der Waals surface area contributed by atoms with E-state index < -0.39 is 0 Å². The molecule has 0 bridgehead atoms. The van der Waals surface area contributed by atoms with E-state index in [0.717, 1.165) is 31.4 Å². The van der Waals surface area contributed by atoms with Crippen LogP contribution in [0.5, 0.6) is 5.75 Å². The molecule has 0 atom stereocenters. The van der Waals surface area contributed by atoms with Crippen molar-refractivity contribution in [3.8, 4) is 5.75 Å². The predicted molar refractivity (Wildman–Crippen MR) is 107 cm³/mol. The Kier molecular flexibility index (Phi) is 6.35. The summed E-state index contributed by atoms with van der Waals surface area (Å²) in [6.07, 6.45) is 3.61. The van der Waals surface area contributed by atoms with Crippen molar-refractivity contribution in [3.63, 3.8) is 0 Å². The van der Waals surface area contributed by atoms with Crippen LogP contribution in [0.1, 0.15) is 43.0 Å². The molecule has 2 amide bonds. The first kappa shape index (κ1) is 19.2. The minimum atomic E-state index is -0.207. The Morgan fingerprint density at radius 1 is 0.963 bits per heavy atom. The number of ketones is 1. The van der Waals surface area contributed by atoms with E-state index in [1.54, 1.807) is 43.3 Å². The van der Waals surface area contributed by atoms with Crippen LogP contribution in [0.25, 0.3) is 0 Å². The van der Waals surface area contributed by atoms with Gasteiger partial charge in [0.25, 0.3) is 0 Å². The fourth-order valence-corrected chi connectivity index (χ4v) is 3.30. The normalized spacial score (nSPS) is 19.2. The smallest absolute Gasteiger partial charge is 0.319 e. The van der Waals surface area contributed by atoms with Crippen molar-refractivity contribution in [3.05, 3.63) is 59.1 Å². The Labute approximate surface area is 164 Å². The Balaban J connectivity index is 1.42. The highest BCUT2D eigenvalue weighted by molar-refractivity contribution is 6.30. The number of hydrogen-bond acceptors (Lipinski definition) is 3. The monoisotopic (exact) mass is 386 g/mol. The first-order valence-electron chi connectivity index (χ1n) is 9.10. The second kappa shape index (κ2) is 8.91. The van der Waals surface area contributed by atoms with Crippen molar-refractivity contribution in [2.45, 2.75) is 44.8 Å². The van der Waals surface area contributed by atoms with Gasteiger partial charge in [-0.1, -0.05) is 11.6 Å². The maximum absolute atomic E-state index is 12.1. The Bertz CT molecular complexity index is 782. The summed E-state index contributed by atoms with van der Waals surface area (Å²) in [5.74, 6) is 0.821. The summed E-state index contributed by atoms with van der Waals surface area (Å²) < 4.78 is 6.00. The third kappa shape index (κ3) is 5.73. The lowest BCUT2D eigenvalue weighted by atomic mass is 9.93. The zero-order chi connectivity index (χ0) is 19.2. The third-order valence-corrected chi connectivity index (χ3v) is 4.93. The predicted octanol–water partition coefficient (Wildman–Crippen LogP) is 5.05. The number of carbonyl (C=O) groups excluding carboxylic acids is 2. The number of Topliss-reactive ketones (excluding diaryl/α,β-unsaturated/α-hetero) is 1. The van der Waals surface area contributed by atoms with Gasteiger partial charge in [0.05, 0.1) is 6.10 Å². The van der Waals surface area contributed by atoms with E-state index in [-0.39, 0.29) is 24.0 Å². The minimum Gasteiger partial charge on any atom is -0.490 e. The average molecular weight is 387 g/mol. The number of ether oxygens (including phenoxy) is 1. The van der Waals surface area contributed by atoms with Crippen LogP contribution in [0.3, 0.4) is 0 Å². The molecule has 1 aliphatic carbocycles. The van der Waals surface area contributed by atoms with Crippen LogP contribution >= 0.6 is 11.6 Å². The zero-order valence-electron chi connectivity index (χ0n) is 15.2. The van der Waals surface area contributed by atoms with Crippen LogP contribution in [-0.2, 0) is 0 Å².